The number of aromatic nitrogens is 4. The van der Waals surface area contributed by atoms with Crippen LogP contribution < -0.4 is 9.80 Å². The Balaban J connectivity index is 1.26. The van der Waals surface area contributed by atoms with Crippen LogP contribution in [0.5, 0.6) is 0 Å². The first-order chi connectivity index (χ1) is 12.7. The third-order valence-electron chi connectivity index (χ3n) is 5.65. The molecule has 2 aromatic rings. The second kappa shape index (κ2) is 6.05. The Morgan fingerprint density at radius 1 is 1.15 bits per heavy atom. The minimum atomic E-state index is 0.203. The maximum atomic E-state index is 11.9. The molecule has 1 amide bonds. The summed E-state index contributed by atoms with van der Waals surface area (Å²) in [5.74, 6) is 1.16. The lowest BCUT2D eigenvalue weighted by atomic mass is 10.1. The van der Waals surface area contributed by atoms with Gasteiger partial charge in [-0.05, 0) is 25.1 Å². The predicted molar refractivity (Wildman–Crippen MR) is 97.1 cm³/mol. The summed E-state index contributed by atoms with van der Waals surface area (Å²) >= 11 is 0. The second-order valence-electron chi connectivity index (χ2n) is 7.55. The van der Waals surface area contributed by atoms with E-state index in [0.29, 0.717) is 12.5 Å². The number of nitrogens with zero attached hydrogens (tertiary/aromatic N) is 7. The molecule has 5 heterocycles. The smallest absolute Gasteiger partial charge is 0.227 e. The lowest BCUT2D eigenvalue weighted by molar-refractivity contribution is -0.117. The van der Waals surface area contributed by atoms with E-state index in [4.69, 9.17) is 0 Å². The van der Waals surface area contributed by atoms with Gasteiger partial charge in [0, 0.05) is 51.8 Å². The first-order valence-electron chi connectivity index (χ1n) is 9.31. The lowest BCUT2D eigenvalue weighted by Crippen LogP contribution is -2.48. The van der Waals surface area contributed by atoms with Gasteiger partial charge in [-0.2, -0.15) is 10.2 Å². The van der Waals surface area contributed by atoms with Crippen molar-refractivity contribution in [3.63, 3.8) is 0 Å². The van der Waals surface area contributed by atoms with Crippen LogP contribution in [0.25, 0.3) is 0 Å². The van der Waals surface area contributed by atoms with Crippen LogP contribution in [0.1, 0.15) is 30.1 Å². The second-order valence-corrected chi connectivity index (χ2v) is 7.55. The molecule has 136 valence electrons. The highest BCUT2D eigenvalue weighted by atomic mass is 16.2. The quantitative estimate of drug-likeness (QED) is 0.815. The highest BCUT2D eigenvalue weighted by molar-refractivity contribution is 5.95. The Kier molecular flexibility index (Phi) is 3.66. The zero-order valence-corrected chi connectivity index (χ0v) is 15.0. The highest BCUT2D eigenvalue weighted by Gasteiger charge is 2.32. The van der Waals surface area contributed by atoms with E-state index in [1.807, 2.05) is 15.8 Å². The van der Waals surface area contributed by atoms with Crippen molar-refractivity contribution in [1.82, 2.24) is 24.9 Å². The minimum Gasteiger partial charge on any atom is -0.351 e. The molecule has 0 bridgehead atoms. The molecule has 0 unspecified atom stereocenters. The van der Waals surface area contributed by atoms with E-state index in [-0.39, 0.29) is 5.91 Å². The fourth-order valence-electron chi connectivity index (χ4n) is 4.01. The normalized spacial score (nSPS) is 21.2. The van der Waals surface area contributed by atoms with Crippen LogP contribution >= 0.6 is 0 Å². The molecule has 2 aromatic heterocycles. The Hall–Kier alpha value is -2.48. The number of fused-ring (bicyclic) bond motifs is 1. The molecule has 0 radical (unpaired) electrons. The molecule has 0 aliphatic carbocycles. The zero-order chi connectivity index (χ0) is 17.7. The molecule has 0 saturated carbocycles. The first-order valence-corrected chi connectivity index (χ1v) is 9.31. The van der Waals surface area contributed by atoms with Gasteiger partial charge in [0.15, 0.2) is 5.82 Å². The number of anilines is 2. The number of hydrogen-bond acceptors (Lipinski definition) is 6. The topological polar surface area (TPSA) is 70.4 Å². The molecule has 26 heavy (non-hydrogen) atoms. The lowest BCUT2D eigenvalue weighted by Gasteiger charge is -2.40. The van der Waals surface area contributed by atoms with Crippen LogP contribution in [0.2, 0.25) is 0 Å². The van der Waals surface area contributed by atoms with Crippen LogP contribution in [-0.2, 0) is 17.8 Å². The number of rotatable bonds is 3. The van der Waals surface area contributed by atoms with Crippen LogP contribution in [0, 0.1) is 0 Å². The molecule has 0 N–H and O–H groups in total. The maximum Gasteiger partial charge on any atom is 0.227 e. The predicted octanol–water partition coefficient (Wildman–Crippen LogP) is 0.849. The summed E-state index contributed by atoms with van der Waals surface area (Å²) in [6, 6.07) is 2.51. The summed E-state index contributed by atoms with van der Waals surface area (Å²) < 4.78 is 1.98. The summed E-state index contributed by atoms with van der Waals surface area (Å²) in [6.45, 7) is 4.55. The van der Waals surface area contributed by atoms with Crippen molar-refractivity contribution >= 4 is 17.4 Å². The summed E-state index contributed by atoms with van der Waals surface area (Å²) in [7, 11) is 2.14. The van der Waals surface area contributed by atoms with E-state index < -0.39 is 0 Å². The van der Waals surface area contributed by atoms with Crippen LogP contribution in [0.4, 0.5) is 11.5 Å². The van der Waals surface area contributed by atoms with Gasteiger partial charge in [0.1, 0.15) is 0 Å². The molecule has 8 nitrogen and oxygen atoms in total. The van der Waals surface area contributed by atoms with Gasteiger partial charge in [-0.25, -0.2) is 0 Å². The number of hydrogen-bond donors (Lipinski definition) is 0. The van der Waals surface area contributed by atoms with E-state index in [9.17, 15) is 4.79 Å². The van der Waals surface area contributed by atoms with Gasteiger partial charge >= 0.3 is 0 Å². The molecule has 0 spiro atoms. The van der Waals surface area contributed by atoms with Crippen LogP contribution in [-0.4, -0.2) is 64.0 Å². The van der Waals surface area contributed by atoms with E-state index in [0.717, 1.165) is 62.8 Å². The van der Waals surface area contributed by atoms with Gasteiger partial charge < -0.3 is 14.7 Å². The van der Waals surface area contributed by atoms with E-state index >= 15 is 0 Å². The summed E-state index contributed by atoms with van der Waals surface area (Å²) in [5, 5.41) is 13.3. The van der Waals surface area contributed by atoms with Crippen LogP contribution in [0.3, 0.4) is 0 Å². The van der Waals surface area contributed by atoms with Gasteiger partial charge in [-0.15, -0.1) is 5.10 Å². The average molecular weight is 353 g/mol. The first kappa shape index (κ1) is 15.7. The molecule has 0 atom stereocenters. The van der Waals surface area contributed by atoms with Gasteiger partial charge in [0.25, 0.3) is 0 Å². The Morgan fingerprint density at radius 3 is 2.85 bits per heavy atom. The van der Waals surface area contributed by atoms with Gasteiger partial charge in [-0.1, -0.05) is 0 Å². The van der Waals surface area contributed by atoms with E-state index in [1.54, 1.807) is 6.20 Å². The van der Waals surface area contributed by atoms with Gasteiger partial charge in [-0.3, -0.25) is 9.48 Å². The zero-order valence-electron chi connectivity index (χ0n) is 15.0. The number of likely N-dealkylation sites (N-methyl/N-ethyl adjacent to an activating group) is 1. The molecular formula is C18H23N7O. The van der Waals surface area contributed by atoms with Crippen molar-refractivity contribution in [1.29, 1.82) is 0 Å². The highest BCUT2D eigenvalue weighted by Crippen LogP contribution is 2.29. The van der Waals surface area contributed by atoms with E-state index in [2.05, 4.69) is 38.2 Å². The molecule has 2 saturated heterocycles. The molecule has 5 rings (SSSR count). The van der Waals surface area contributed by atoms with Crippen molar-refractivity contribution in [3.05, 3.63) is 29.7 Å². The third-order valence-corrected chi connectivity index (χ3v) is 5.65. The Morgan fingerprint density at radius 2 is 2.04 bits per heavy atom. The largest absolute Gasteiger partial charge is 0.351 e. The van der Waals surface area contributed by atoms with Gasteiger partial charge in [0.05, 0.1) is 23.6 Å². The van der Waals surface area contributed by atoms with Crippen molar-refractivity contribution < 1.29 is 4.79 Å². The van der Waals surface area contributed by atoms with Crippen LogP contribution in [0.15, 0.2) is 18.5 Å². The number of carbonyl (C=O) groups excluding carboxylic acids is 1. The van der Waals surface area contributed by atoms with Gasteiger partial charge in [0.2, 0.25) is 5.91 Å². The Bertz CT molecular complexity index is 842. The third kappa shape index (κ3) is 2.65. The average Bonchev–Trinajstić information content (AvgIpc) is 3.22. The summed E-state index contributed by atoms with van der Waals surface area (Å²) in [5.41, 5.74) is 3.35. The molecule has 0 aromatic carbocycles. The fourth-order valence-corrected chi connectivity index (χ4v) is 4.01. The SMILES string of the molecule is CN1CCc2nnc(N3CC(n4cc(N5CCCC5=O)cn4)C3)cc2C1. The summed E-state index contributed by atoms with van der Waals surface area (Å²) in [6.07, 6.45) is 6.37. The number of carbonyl (C=O) groups is 1. The van der Waals surface area contributed by atoms with Crippen molar-refractivity contribution in [3.8, 4) is 0 Å². The summed E-state index contributed by atoms with van der Waals surface area (Å²) in [4.78, 5) is 18.3. The van der Waals surface area contributed by atoms with Crippen molar-refractivity contribution in [2.24, 2.45) is 0 Å². The molecule has 3 aliphatic rings. The fraction of sp³-hybridized carbons (Fsp3) is 0.556. The molecule has 8 heteroatoms. The molecular weight excluding hydrogens is 330 g/mol. The Labute approximate surface area is 152 Å². The standard InChI is InChI=1S/C18H23N7O/c1-22-6-4-16-13(9-22)7-17(21-20-16)23-10-15(11-23)25-12-14(8-19-25)24-5-2-3-18(24)26/h7-8,12,15H,2-6,9-11H2,1H3. The number of amides is 1. The maximum absolute atomic E-state index is 11.9. The monoisotopic (exact) mass is 353 g/mol. The minimum absolute atomic E-state index is 0.203. The van der Waals surface area contributed by atoms with Crippen molar-refractivity contribution in [2.75, 3.05) is 43.0 Å². The molecule has 2 fully saturated rings. The van der Waals surface area contributed by atoms with E-state index in [1.165, 1.54) is 5.56 Å². The van der Waals surface area contributed by atoms with Crippen molar-refractivity contribution in [2.45, 2.75) is 31.8 Å². The molecule has 3 aliphatic heterocycles.